The lowest BCUT2D eigenvalue weighted by atomic mass is 10.2. The van der Waals surface area contributed by atoms with Crippen molar-refractivity contribution in [3.05, 3.63) is 39.8 Å². The Morgan fingerprint density at radius 3 is 2.69 bits per heavy atom. The number of nitrogens with zero attached hydrogens (tertiary/aromatic N) is 2. The Hall–Kier alpha value is -2.05. The highest BCUT2D eigenvalue weighted by atomic mass is 16.6. The van der Waals surface area contributed by atoms with E-state index in [4.69, 9.17) is 0 Å². The molecule has 0 aliphatic carbocycles. The SMILES string of the molecule is C=CCNC(=O)C(C=CC(C)[N+](=O)[O-])N=O. The number of hydrogen-bond donors (Lipinski definition) is 1. The molecule has 0 aromatic carbocycles. The maximum Gasteiger partial charge on any atom is 0.252 e. The van der Waals surface area contributed by atoms with Gasteiger partial charge in [-0.15, -0.1) is 11.5 Å². The molecule has 0 aromatic heterocycles. The molecule has 0 rings (SSSR count). The monoisotopic (exact) mass is 227 g/mol. The summed E-state index contributed by atoms with van der Waals surface area (Å²) in [6, 6.07) is -2.21. The van der Waals surface area contributed by atoms with Gasteiger partial charge in [0, 0.05) is 18.4 Å². The van der Waals surface area contributed by atoms with Gasteiger partial charge in [0.05, 0.1) is 0 Å². The highest BCUT2D eigenvalue weighted by Gasteiger charge is 2.16. The lowest BCUT2D eigenvalue weighted by Crippen LogP contribution is -2.32. The van der Waals surface area contributed by atoms with Gasteiger partial charge in [-0.25, -0.2) is 0 Å². The summed E-state index contributed by atoms with van der Waals surface area (Å²) in [5.41, 5.74) is 0. The van der Waals surface area contributed by atoms with Crippen LogP contribution in [0.5, 0.6) is 0 Å². The van der Waals surface area contributed by atoms with E-state index in [-0.39, 0.29) is 6.54 Å². The molecule has 0 aliphatic rings. The Morgan fingerprint density at radius 1 is 1.62 bits per heavy atom. The molecule has 0 fully saturated rings. The number of nitrogens with one attached hydrogen (secondary N) is 1. The second-order valence-corrected chi connectivity index (χ2v) is 2.99. The summed E-state index contributed by atoms with van der Waals surface area (Å²) in [5, 5.41) is 15.2. The van der Waals surface area contributed by atoms with Crippen LogP contribution in [0.1, 0.15) is 6.92 Å². The highest BCUT2D eigenvalue weighted by molar-refractivity contribution is 5.83. The number of nitroso groups, excluding NO2 is 1. The summed E-state index contributed by atoms with van der Waals surface area (Å²) >= 11 is 0. The fourth-order valence-corrected chi connectivity index (χ4v) is 0.784. The Labute approximate surface area is 92.3 Å². The molecule has 0 aromatic rings. The maximum absolute atomic E-state index is 11.2. The smallest absolute Gasteiger partial charge is 0.252 e. The van der Waals surface area contributed by atoms with Gasteiger partial charge in [-0.2, -0.15) is 0 Å². The Balaban J connectivity index is 4.39. The van der Waals surface area contributed by atoms with E-state index in [1.807, 2.05) is 0 Å². The number of carbonyl (C=O) groups is 1. The van der Waals surface area contributed by atoms with Crippen molar-refractivity contribution in [2.24, 2.45) is 5.18 Å². The van der Waals surface area contributed by atoms with Gasteiger partial charge in [-0.1, -0.05) is 11.3 Å². The molecule has 2 unspecified atom stereocenters. The van der Waals surface area contributed by atoms with Gasteiger partial charge in [0.2, 0.25) is 6.04 Å². The van der Waals surface area contributed by atoms with Gasteiger partial charge in [0.1, 0.15) is 0 Å². The third kappa shape index (κ3) is 4.99. The third-order valence-corrected chi connectivity index (χ3v) is 1.71. The van der Waals surface area contributed by atoms with Gasteiger partial charge < -0.3 is 5.32 Å². The van der Waals surface area contributed by atoms with Crippen molar-refractivity contribution >= 4 is 5.91 Å². The molecule has 16 heavy (non-hydrogen) atoms. The molecule has 0 spiro atoms. The van der Waals surface area contributed by atoms with E-state index in [0.29, 0.717) is 0 Å². The van der Waals surface area contributed by atoms with E-state index in [0.717, 1.165) is 12.2 Å². The first kappa shape index (κ1) is 13.9. The lowest BCUT2D eigenvalue weighted by molar-refractivity contribution is -0.504. The van der Waals surface area contributed by atoms with Crippen LogP contribution in [0.15, 0.2) is 30.0 Å². The summed E-state index contributed by atoms with van der Waals surface area (Å²) in [5.74, 6) is -0.610. The largest absolute Gasteiger partial charge is 0.350 e. The number of rotatable bonds is 7. The predicted molar refractivity (Wildman–Crippen MR) is 58.4 cm³/mol. The van der Waals surface area contributed by atoms with E-state index in [1.54, 1.807) is 0 Å². The van der Waals surface area contributed by atoms with Crippen LogP contribution in [0, 0.1) is 15.0 Å². The van der Waals surface area contributed by atoms with Crippen molar-refractivity contribution in [2.75, 3.05) is 6.54 Å². The van der Waals surface area contributed by atoms with Gasteiger partial charge in [-0.3, -0.25) is 14.9 Å². The van der Waals surface area contributed by atoms with E-state index >= 15 is 0 Å². The molecular formula is C9H13N3O4. The summed E-state index contributed by atoms with van der Waals surface area (Å²) < 4.78 is 0. The quantitative estimate of drug-likeness (QED) is 0.298. The van der Waals surface area contributed by atoms with E-state index in [2.05, 4.69) is 17.1 Å². The van der Waals surface area contributed by atoms with Crippen LogP contribution in [0.3, 0.4) is 0 Å². The molecule has 0 aliphatic heterocycles. The topological polar surface area (TPSA) is 102 Å². The second kappa shape index (κ2) is 7.27. The number of hydrogen-bond acceptors (Lipinski definition) is 5. The number of carbonyl (C=O) groups excluding carboxylic acids is 1. The fourth-order valence-electron chi connectivity index (χ4n) is 0.784. The Bertz CT molecular complexity index is 314. The summed E-state index contributed by atoms with van der Waals surface area (Å²) in [6.45, 7) is 4.93. The van der Waals surface area contributed by atoms with E-state index < -0.39 is 22.9 Å². The molecule has 0 saturated heterocycles. The lowest BCUT2D eigenvalue weighted by Gasteiger charge is -2.04. The molecular weight excluding hydrogens is 214 g/mol. The molecule has 7 heteroatoms. The molecule has 1 N–H and O–H groups in total. The molecule has 1 amide bonds. The van der Waals surface area contributed by atoms with E-state index in [1.165, 1.54) is 13.0 Å². The first-order valence-electron chi connectivity index (χ1n) is 4.55. The average molecular weight is 227 g/mol. The molecule has 0 heterocycles. The van der Waals surface area contributed by atoms with Crippen LogP contribution in [-0.2, 0) is 4.79 Å². The molecule has 0 radical (unpaired) electrons. The number of amides is 1. The van der Waals surface area contributed by atoms with Gasteiger partial charge >= 0.3 is 0 Å². The normalized spacial score (nSPS) is 14.1. The molecule has 2 atom stereocenters. The minimum Gasteiger partial charge on any atom is -0.350 e. The van der Waals surface area contributed by atoms with Crippen LogP contribution in [0.4, 0.5) is 0 Å². The van der Waals surface area contributed by atoms with Gasteiger partial charge in [0.15, 0.2) is 6.04 Å². The highest BCUT2D eigenvalue weighted by Crippen LogP contribution is 1.97. The number of nitro groups is 1. The first-order chi connectivity index (χ1) is 7.52. The Kier molecular flexibility index (Phi) is 6.34. The summed E-state index contributed by atoms with van der Waals surface area (Å²) in [4.78, 5) is 31.3. The van der Waals surface area contributed by atoms with Crippen LogP contribution < -0.4 is 5.32 Å². The zero-order valence-electron chi connectivity index (χ0n) is 8.83. The van der Waals surface area contributed by atoms with Gasteiger partial charge in [-0.05, 0) is 12.2 Å². The molecule has 88 valence electrons. The van der Waals surface area contributed by atoms with Crippen LogP contribution in [0.2, 0.25) is 0 Å². The van der Waals surface area contributed by atoms with Crippen molar-refractivity contribution < 1.29 is 9.72 Å². The molecule has 0 saturated carbocycles. The van der Waals surface area contributed by atoms with Crippen molar-refractivity contribution in [2.45, 2.75) is 19.0 Å². The minimum absolute atomic E-state index is 0.212. The predicted octanol–water partition coefficient (Wildman–Crippen LogP) is 0.645. The minimum atomic E-state index is -1.25. The van der Waals surface area contributed by atoms with E-state index in [9.17, 15) is 19.8 Å². The third-order valence-electron chi connectivity index (χ3n) is 1.71. The van der Waals surface area contributed by atoms with Crippen LogP contribution >= 0.6 is 0 Å². The zero-order chi connectivity index (χ0) is 12.6. The van der Waals surface area contributed by atoms with Crippen molar-refractivity contribution in [1.82, 2.24) is 5.32 Å². The molecule has 0 bridgehead atoms. The van der Waals surface area contributed by atoms with Crippen molar-refractivity contribution in [3.8, 4) is 0 Å². The summed E-state index contributed by atoms with van der Waals surface area (Å²) in [7, 11) is 0. The van der Waals surface area contributed by atoms with Crippen molar-refractivity contribution in [1.29, 1.82) is 0 Å². The van der Waals surface area contributed by atoms with Gasteiger partial charge in [0.25, 0.3) is 5.91 Å². The van der Waals surface area contributed by atoms with Crippen LogP contribution in [-0.4, -0.2) is 29.5 Å². The first-order valence-corrected chi connectivity index (χ1v) is 4.55. The average Bonchev–Trinajstić information content (AvgIpc) is 2.26. The fraction of sp³-hybridized carbons (Fsp3) is 0.444. The Morgan fingerprint density at radius 2 is 2.25 bits per heavy atom. The zero-order valence-corrected chi connectivity index (χ0v) is 8.83. The summed E-state index contributed by atoms with van der Waals surface area (Å²) in [6.07, 6.45) is 3.71. The maximum atomic E-state index is 11.2. The van der Waals surface area contributed by atoms with Crippen molar-refractivity contribution in [3.63, 3.8) is 0 Å². The second-order valence-electron chi connectivity index (χ2n) is 2.99. The standard InChI is InChI=1S/C9H13N3O4/c1-3-6-10-9(13)8(11-14)5-4-7(2)12(15)16/h3-5,7-8H,1,6H2,2H3,(H,10,13). The van der Waals surface area contributed by atoms with Crippen LogP contribution in [0.25, 0.3) is 0 Å². The molecule has 7 nitrogen and oxygen atoms in total.